The van der Waals surface area contributed by atoms with E-state index in [-0.39, 0.29) is 11.1 Å². The number of carbonyl (C=O) groups excluding carboxylic acids is 2. The van der Waals surface area contributed by atoms with Crippen LogP contribution in [0.15, 0.2) is 48.5 Å². The quantitative estimate of drug-likeness (QED) is 0.215. The molecule has 2 aromatic rings. The molecule has 0 aliphatic carbocycles. The fourth-order valence-corrected chi connectivity index (χ4v) is 3.19. The van der Waals surface area contributed by atoms with Crippen LogP contribution in [0.4, 0.5) is 0 Å². The average molecular weight is 417 g/mol. The van der Waals surface area contributed by atoms with Gasteiger partial charge in [0.2, 0.25) is 0 Å². The Labute approximate surface area is 178 Å². The van der Waals surface area contributed by atoms with E-state index in [9.17, 15) is 9.59 Å². The molecule has 0 aliphatic heterocycles. The van der Waals surface area contributed by atoms with Crippen molar-refractivity contribution in [3.63, 3.8) is 0 Å². The summed E-state index contributed by atoms with van der Waals surface area (Å²) in [7, 11) is 0. The Kier molecular flexibility index (Phi) is 10.3. The molecule has 5 heteroatoms. The summed E-state index contributed by atoms with van der Waals surface area (Å²) in [5, 5.41) is 0.466. The molecule has 0 saturated heterocycles. The van der Waals surface area contributed by atoms with Crippen LogP contribution in [-0.4, -0.2) is 18.5 Å². The summed E-state index contributed by atoms with van der Waals surface area (Å²) in [6, 6.07) is 13.1. The molecule has 0 unspecified atom stereocenters. The number of halogens is 1. The second-order valence-electron chi connectivity index (χ2n) is 7.00. The van der Waals surface area contributed by atoms with E-state index in [1.807, 2.05) is 0 Å². The summed E-state index contributed by atoms with van der Waals surface area (Å²) in [6.07, 6.45) is 9.38. The molecule has 0 saturated carbocycles. The molecule has 0 heterocycles. The predicted octanol–water partition coefficient (Wildman–Crippen LogP) is 6.86. The monoisotopic (exact) mass is 416 g/mol. The Bertz CT molecular complexity index is 788. The second kappa shape index (κ2) is 13.0. The lowest BCUT2D eigenvalue weighted by molar-refractivity contribution is 0.0489. The lowest BCUT2D eigenvalue weighted by Gasteiger charge is -2.10. The van der Waals surface area contributed by atoms with Crippen LogP contribution in [0.3, 0.4) is 0 Å². The third kappa shape index (κ3) is 8.28. The van der Waals surface area contributed by atoms with Gasteiger partial charge in [0.25, 0.3) is 0 Å². The van der Waals surface area contributed by atoms with Gasteiger partial charge >= 0.3 is 11.9 Å². The van der Waals surface area contributed by atoms with Crippen molar-refractivity contribution in [3.8, 4) is 5.75 Å². The molecule has 0 spiro atoms. The molecule has 29 heavy (non-hydrogen) atoms. The van der Waals surface area contributed by atoms with Gasteiger partial charge in [0.15, 0.2) is 0 Å². The zero-order valence-corrected chi connectivity index (χ0v) is 17.7. The third-order valence-electron chi connectivity index (χ3n) is 4.60. The van der Waals surface area contributed by atoms with Crippen LogP contribution in [-0.2, 0) is 4.74 Å². The molecule has 0 amide bonds. The van der Waals surface area contributed by atoms with Gasteiger partial charge < -0.3 is 9.47 Å². The molecule has 0 atom stereocenters. The first-order valence-electron chi connectivity index (χ1n) is 10.4. The molecule has 2 aromatic carbocycles. The number of rotatable bonds is 12. The Morgan fingerprint density at radius 3 is 2.07 bits per heavy atom. The summed E-state index contributed by atoms with van der Waals surface area (Å²) in [6.45, 7) is 2.56. The summed E-state index contributed by atoms with van der Waals surface area (Å²) >= 11 is 5.92. The number of benzene rings is 2. The highest BCUT2D eigenvalue weighted by Gasteiger charge is 2.19. The van der Waals surface area contributed by atoms with Crippen LogP contribution in [0.1, 0.15) is 79.0 Å². The normalized spacial score (nSPS) is 10.6. The molecule has 0 fully saturated rings. The van der Waals surface area contributed by atoms with Gasteiger partial charge in [-0.05, 0) is 36.8 Å². The van der Waals surface area contributed by atoms with Crippen molar-refractivity contribution in [2.75, 3.05) is 6.61 Å². The average Bonchev–Trinajstić information content (AvgIpc) is 2.72. The van der Waals surface area contributed by atoms with Gasteiger partial charge in [0.1, 0.15) is 5.75 Å². The molecule has 4 nitrogen and oxygen atoms in total. The maximum atomic E-state index is 12.5. The van der Waals surface area contributed by atoms with Gasteiger partial charge in [0.05, 0.1) is 17.7 Å². The Morgan fingerprint density at radius 2 is 1.41 bits per heavy atom. The summed E-state index contributed by atoms with van der Waals surface area (Å²) in [5.74, 6) is -0.803. The van der Waals surface area contributed by atoms with E-state index in [2.05, 4.69) is 6.92 Å². The molecular weight excluding hydrogens is 388 g/mol. The highest BCUT2D eigenvalue weighted by molar-refractivity contribution is 6.30. The minimum absolute atomic E-state index is 0.174. The smallest absolute Gasteiger partial charge is 0.344 e. The predicted molar refractivity (Wildman–Crippen MR) is 116 cm³/mol. The van der Waals surface area contributed by atoms with Crippen molar-refractivity contribution < 1.29 is 19.1 Å². The minimum Gasteiger partial charge on any atom is -0.462 e. The third-order valence-corrected chi connectivity index (χ3v) is 4.84. The summed E-state index contributed by atoms with van der Waals surface area (Å²) in [4.78, 5) is 24.9. The van der Waals surface area contributed by atoms with Crippen LogP contribution >= 0.6 is 11.6 Å². The fourth-order valence-electron chi connectivity index (χ4n) is 3.01. The molecule has 0 N–H and O–H groups in total. The molecule has 0 aromatic heterocycles. The zero-order chi connectivity index (χ0) is 20.9. The number of ether oxygens (including phenoxy) is 2. The van der Waals surface area contributed by atoms with E-state index in [1.165, 1.54) is 32.1 Å². The van der Waals surface area contributed by atoms with Gasteiger partial charge in [-0.2, -0.15) is 0 Å². The molecular formula is C24H29ClO4. The SMILES string of the molecule is CCCCCCCCCCOC(=O)c1ccccc1C(=O)Oc1cccc(Cl)c1. The van der Waals surface area contributed by atoms with Gasteiger partial charge in [-0.3, -0.25) is 0 Å². The fraction of sp³-hybridized carbons (Fsp3) is 0.417. The first kappa shape index (κ1) is 23.0. The van der Waals surface area contributed by atoms with Crippen molar-refractivity contribution in [3.05, 3.63) is 64.7 Å². The van der Waals surface area contributed by atoms with Gasteiger partial charge in [-0.1, -0.05) is 81.7 Å². The van der Waals surface area contributed by atoms with Gasteiger partial charge in [-0.25, -0.2) is 9.59 Å². The van der Waals surface area contributed by atoms with E-state index in [0.29, 0.717) is 17.4 Å². The van der Waals surface area contributed by atoms with E-state index in [0.717, 1.165) is 19.3 Å². The number of hydrogen-bond acceptors (Lipinski definition) is 4. The summed E-state index contributed by atoms with van der Waals surface area (Å²) in [5.41, 5.74) is 0.382. The molecule has 156 valence electrons. The lowest BCUT2D eigenvalue weighted by atomic mass is 10.1. The minimum atomic E-state index is -0.619. The largest absolute Gasteiger partial charge is 0.462 e. The van der Waals surface area contributed by atoms with Crippen LogP contribution < -0.4 is 4.74 Å². The highest BCUT2D eigenvalue weighted by Crippen LogP contribution is 2.20. The zero-order valence-electron chi connectivity index (χ0n) is 17.0. The Morgan fingerprint density at radius 1 is 0.793 bits per heavy atom. The van der Waals surface area contributed by atoms with Crippen molar-refractivity contribution >= 4 is 23.5 Å². The lowest BCUT2D eigenvalue weighted by Crippen LogP contribution is -2.16. The van der Waals surface area contributed by atoms with Crippen molar-refractivity contribution in [1.29, 1.82) is 0 Å². The highest BCUT2D eigenvalue weighted by atomic mass is 35.5. The van der Waals surface area contributed by atoms with E-state index >= 15 is 0 Å². The van der Waals surface area contributed by atoms with E-state index < -0.39 is 11.9 Å². The van der Waals surface area contributed by atoms with Gasteiger partial charge in [-0.15, -0.1) is 0 Å². The Hall–Kier alpha value is -2.33. The Balaban J connectivity index is 1.81. The topological polar surface area (TPSA) is 52.6 Å². The molecule has 0 aliphatic rings. The van der Waals surface area contributed by atoms with Crippen LogP contribution in [0.25, 0.3) is 0 Å². The van der Waals surface area contributed by atoms with Crippen LogP contribution in [0, 0.1) is 0 Å². The maximum absolute atomic E-state index is 12.5. The second-order valence-corrected chi connectivity index (χ2v) is 7.44. The first-order valence-corrected chi connectivity index (χ1v) is 10.7. The van der Waals surface area contributed by atoms with Crippen molar-refractivity contribution in [1.82, 2.24) is 0 Å². The van der Waals surface area contributed by atoms with Crippen molar-refractivity contribution in [2.45, 2.75) is 58.3 Å². The standard InChI is InChI=1S/C24H29ClO4/c1-2-3-4-5-6-7-8-11-17-28-23(26)21-15-9-10-16-22(21)24(27)29-20-14-12-13-19(25)18-20/h9-10,12-16,18H,2-8,11,17H2,1H3. The molecule has 0 radical (unpaired) electrons. The first-order chi connectivity index (χ1) is 14.1. The van der Waals surface area contributed by atoms with Crippen LogP contribution in [0.5, 0.6) is 5.75 Å². The summed E-state index contributed by atoms with van der Waals surface area (Å²) < 4.78 is 10.7. The number of unbranched alkanes of at least 4 members (excludes halogenated alkanes) is 7. The number of carbonyl (C=O) groups is 2. The maximum Gasteiger partial charge on any atom is 0.344 e. The van der Waals surface area contributed by atoms with Crippen LogP contribution in [0.2, 0.25) is 5.02 Å². The number of hydrogen-bond donors (Lipinski definition) is 0. The van der Waals surface area contributed by atoms with Gasteiger partial charge in [0, 0.05) is 5.02 Å². The molecule has 0 bridgehead atoms. The van der Waals surface area contributed by atoms with Crippen molar-refractivity contribution in [2.24, 2.45) is 0 Å². The van der Waals surface area contributed by atoms with E-state index in [4.69, 9.17) is 21.1 Å². The van der Waals surface area contributed by atoms with E-state index in [1.54, 1.807) is 48.5 Å². The number of esters is 2. The molecule has 2 rings (SSSR count).